The van der Waals surface area contributed by atoms with Gasteiger partial charge in [0.15, 0.2) is 0 Å². The summed E-state index contributed by atoms with van der Waals surface area (Å²) in [6.07, 6.45) is 3.99. The minimum absolute atomic E-state index is 0.319. The predicted octanol–water partition coefficient (Wildman–Crippen LogP) is 1.71. The Morgan fingerprint density at radius 3 is 1.80 bits per heavy atom. The van der Waals surface area contributed by atoms with Crippen LogP contribution in [0.15, 0.2) is 0 Å². The molecule has 0 heterocycles. The summed E-state index contributed by atoms with van der Waals surface area (Å²) in [5.74, 6) is 0. The summed E-state index contributed by atoms with van der Waals surface area (Å²) in [5.41, 5.74) is 0. The number of rotatable bonds is 2. The van der Waals surface area contributed by atoms with E-state index in [0.29, 0.717) is 5.24 Å². The van der Waals surface area contributed by atoms with Gasteiger partial charge in [0.1, 0.15) is 0 Å². The van der Waals surface area contributed by atoms with E-state index >= 15 is 0 Å². The topological polar surface area (TPSA) is 20.3 Å². The van der Waals surface area contributed by atoms with Crippen molar-refractivity contribution in [1.29, 1.82) is 0 Å². The molecule has 2 nitrogen and oxygen atoms in total. The lowest BCUT2D eigenvalue weighted by Crippen LogP contribution is -2.28. The van der Waals surface area contributed by atoms with Gasteiger partial charge in [-0.2, -0.15) is 10.9 Å². The quantitative estimate of drug-likeness (QED) is 0.614. The Kier molecular flexibility index (Phi) is 4.52. The van der Waals surface area contributed by atoms with Crippen LogP contribution in [0, 0.1) is 0 Å². The van der Waals surface area contributed by atoms with Crippen molar-refractivity contribution < 1.29 is 4.79 Å². The lowest BCUT2D eigenvalue weighted by Gasteiger charge is -2.21. The van der Waals surface area contributed by atoms with Crippen LogP contribution in [0.5, 0.6) is 0 Å². The summed E-state index contributed by atoms with van der Waals surface area (Å²) in [6, 6.07) is 0. The van der Waals surface area contributed by atoms with E-state index in [2.05, 4.69) is 0 Å². The molecule has 0 aromatic rings. The predicted molar refractivity (Wildman–Crippen MR) is 49.2 cm³/mol. The van der Waals surface area contributed by atoms with Gasteiger partial charge in [0.25, 0.3) is 5.24 Å². The molecule has 0 radical (unpaired) electrons. The van der Waals surface area contributed by atoms with Gasteiger partial charge in [-0.15, -0.1) is 0 Å². The Bertz CT molecular complexity index is 110. The Balaban J connectivity index is 3.89. The molecule has 0 aliphatic rings. The van der Waals surface area contributed by atoms with Crippen molar-refractivity contribution in [2.75, 3.05) is 25.6 Å². The summed E-state index contributed by atoms with van der Waals surface area (Å²) < 4.78 is 0. The number of carbonyl (C=O) groups is 1. The Morgan fingerprint density at radius 1 is 1.30 bits per heavy atom. The smallest absolute Gasteiger partial charge is 0.261 e. The molecule has 0 aliphatic carbocycles. The van der Waals surface area contributed by atoms with Crippen LogP contribution in [0.4, 0.5) is 4.79 Å². The molecule has 0 aromatic heterocycles. The zero-order valence-corrected chi connectivity index (χ0v) is 8.11. The highest BCUT2D eigenvalue weighted by Gasteiger charge is 2.09. The number of amides is 1. The molecule has 0 spiro atoms. The van der Waals surface area contributed by atoms with Crippen LogP contribution in [-0.2, 0) is 0 Å². The molecule has 0 rings (SSSR count). The lowest BCUT2D eigenvalue weighted by molar-refractivity contribution is 0.228. The first-order valence-electron chi connectivity index (χ1n) is 3.59. The maximum atomic E-state index is 11.3. The summed E-state index contributed by atoms with van der Waals surface area (Å²) in [4.78, 5) is 13.1. The highest BCUT2D eigenvalue weighted by molar-refractivity contribution is 8.28. The molecule has 10 heavy (non-hydrogen) atoms. The summed E-state index contributed by atoms with van der Waals surface area (Å²) in [7, 11) is -0.426. The van der Waals surface area contributed by atoms with Crippen molar-refractivity contribution in [3.8, 4) is 0 Å². The van der Waals surface area contributed by atoms with Crippen molar-refractivity contribution >= 4 is 16.1 Å². The zero-order valence-electron chi connectivity index (χ0n) is 7.22. The molecule has 0 N–H and O–H groups in total. The number of hydrogen-bond acceptors (Lipinski definition) is 1. The summed E-state index contributed by atoms with van der Waals surface area (Å²) >= 11 is 0. The molecule has 1 amide bonds. The standard InChI is InChI=1S/C7H17NOS/c1-5-8(6-2)7(9)10(3)4/h10H,5-6H2,1-4H3. The molecule has 0 fully saturated rings. The average molecular weight is 163 g/mol. The first-order valence-corrected chi connectivity index (χ1v) is 5.83. The van der Waals surface area contributed by atoms with Crippen molar-refractivity contribution in [1.82, 2.24) is 4.90 Å². The third kappa shape index (κ3) is 2.60. The van der Waals surface area contributed by atoms with Gasteiger partial charge >= 0.3 is 0 Å². The Morgan fingerprint density at radius 2 is 1.70 bits per heavy atom. The second-order valence-corrected chi connectivity index (χ2v) is 4.52. The van der Waals surface area contributed by atoms with Crippen LogP contribution in [-0.4, -0.2) is 35.7 Å². The largest absolute Gasteiger partial charge is 0.336 e. The van der Waals surface area contributed by atoms with E-state index in [1.54, 1.807) is 0 Å². The van der Waals surface area contributed by atoms with Crippen LogP contribution in [0.3, 0.4) is 0 Å². The van der Waals surface area contributed by atoms with Crippen LogP contribution >= 0.6 is 10.9 Å². The zero-order chi connectivity index (χ0) is 8.15. The monoisotopic (exact) mass is 163 g/mol. The number of thiol groups is 1. The van der Waals surface area contributed by atoms with Gasteiger partial charge in [-0.1, -0.05) is 0 Å². The molecule has 0 unspecified atom stereocenters. The van der Waals surface area contributed by atoms with Crippen LogP contribution in [0.2, 0.25) is 0 Å². The van der Waals surface area contributed by atoms with Crippen molar-refractivity contribution in [3.63, 3.8) is 0 Å². The van der Waals surface area contributed by atoms with Crippen molar-refractivity contribution in [2.45, 2.75) is 13.8 Å². The summed E-state index contributed by atoms with van der Waals surface area (Å²) in [6.45, 7) is 5.71. The van der Waals surface area contributed by atoms with E-state index < -0.39 is 10.9 Å². The summed E-state index contributed by atoms with van der Waals surface area (Å²) in [5, 5.41) is 0.319. The van der Waals surface area contributed by atoms with E-state index in [-0.39, 0.29) is 0 Å². The van der Waals surface area contributed by atoms with E-state index in [0.717, 1.165) is 13.1 Å². The maximum Gasteiger partial charge on any atom is 0.261 e. The molecule has 62 valence electrons. The maximum absolute atomic E-state index is 11.3. The van der Waals surface area contributed by atoms with E-state index in [9.17, 15) is 4.79 Å². The van der Waals surface area contributed by atoms with Crippen LogP contribution in [0.1, 0.15) is 13.8 Å². The first-order chi connectivity index (χ1) is 4.63. The third-order valence-electron chi connectivity index (χ3n) is 1.42. The average Bonchev–Trinajstić information content (AvgIpc) is 1.90. The molecule has 0 atom stereocenters. The minimum Gasteiger partial charge on any atom is -0.336 e. The molecule has 0 aromatic carbocycles. The number of nitrogens with zero attached hydrogens (tertiary/aromatic N) is 1. The Labute approximate surface area is 65.9 Å². The van der Waals surface area contributed by atoms with Gasteiger partial charge < -0.3 is 4.90 Å². The van der Waals surface area contributed by atoms with Crippen molar-refractivity contribution in [2.24, 2.45) is 0 Å². The number of hydrogen-bond donors (Lipinski definition) is 1. The normalized spacial score (nSPS) is 11.0. The van der Waals surface area contributed by atoms with E-state index in [1.165, 1.54) is 0 Å². The fourth-order valence-corrected chi connectivity index (χ4v) is 1.63. The van der Waals surface area contributed by atoms with Gasteiger partial charge in [-0.3, -0.25) is 4.79 Å². The van der Waals surface area contributed by atoms with E-state index in [4.69, 9.17) is 0 Å². The van der Waals surface area contributed by atoms with Crippen molar-refractivity contribution in [3.05, 3.63) is 0 Å². The van der Waals surface area contributed by atoms with E-state index in [1.807, 2.05) is 31.3 Å². The highest BCUT2D eigenvalue weighted by Crippen LogP contribution is 2.18. The molecule has 0 aliphatic heterocycles. The van der Waals surface area contributed by atoms with Gasteiger partial charge in [-0.25, -0.2) is 0 Å². The minimum atomic E-state index is -0.426. The number of carbonyl (C=O) groups excluding carboxylic acids is 1. The highest BCUT2D eigenvalue weighted by atomic mass is 32.2. The Hall–Kier alpha value is -0.180. The van der Waals surface area contributed by atoms with Gasteiger partial charge in [-0.05, 0) is 26.4 Å². The second-order valence-electron chi connectivity index (χ2n) is 2.35. The second kappa shape index (κ2) is 4.61. The molecular formula is C7H17NOS. The fraction of sp³-hybridized carbons (Fsp3) is 0.857. The fourth-order valence-electron chi connectivity index (χ4n) is 0.777. The SMILES string of the molecule is CCN(CC)C(=O)[SH](C)C. The molecular weight excluding hydrogens is 146 g/mol. The molecule has 0 saturated carbocycles. The third-order valence-corrected chi connectivity index (χ3v) is 2.46. The first kappa shape index (κ1) is 9.82. The molecule has 0 saturated heterocycles. The van der Waals surface area contributed by atoms with Gasteiger partial charge in [0.05, 0.1) is 0 Å². The van der Waals surface area contributed by atoms with Gasteiger partial charge in [0, 0.05) is 13.1 Å². The van der Waals surface area contributed by atoms with Crippen LogP contribution in [0.25, 0.3) is 0 Å². The molecule has 0 bridgehead atoms. The lowest BCUT2D eigenvalue weighted by atomic mass is 10.6. The molecule has 3 heteroatoms. The van der Waals surface area contributed by atoms with Crippen LogP contribution < -0.4 is 0 Å². The van der Waals surface area contributed by atoms with Gasteiger partial charge in [0.2, 0.25) is 0 Å².